The lowest BCUT2D eigenvalue weighted by Crippen LogP contribution is -2.22. The van der Waals surface area contributed by atoms with Gasteiger partial charge in [0.05, 0.1) is 14.2 Å². The van der Waals surface area contributed by atoms with Crippen molar-refractivity contribution in [1.29, 1.82) is 0 Å². The molecule has 1 amide bonds. The number of hydrogen-bond acceptors (Lipinski definition) is 4. The molecule has 5 heteroatoms. The van der Waals surface area contributed by atoms with Crippen molar-refractivity contribution in [3.63, 3.8) is 0 Å². The second kappa shape index (κ2) is 12.2. The van der Waals surface area contributed by atoms with Gasteiger partial charge in [-0.05, 0) is 47.7 Å². The molecule has 0 aliphatic heterocycles. The third-order valence-electron chi connectivity index (χ3n) is 4.92. The van der Waals surface area contributed by atoms with Crippen molar-refractivity contribution in [2.24, 2.45) is 0 Å². The molecule has 0 fully saturated rings. The van der Waals surface area contributed by atoms with Crippen molar-refractivity contribution in [2.75, 3.05) is 20.8 Å². The summed E-state index contributed by atoms with van der Waals surface area (Å²) in [5.41, 5.74) is 3.10. The molecular weight excluding hydrogens is 402 g/mol. The lowest BCUT2D eigenvalue weighted by atomic mass is 10.1. The first-order valence-corrected chi connectivity index (χ1v) is 10.6. The Hall–Kier alpha value is -3.73. The first kappa shape index (κ1) is 22.9. The second-order valence-corrected chi connectivity index (χ2v) is 7.24. The standard InChI is InChI=1S/C27H29NO4/c1-30-24-18-23(15-16-26(29)28-17-9-14-21-10-5-3-6-11-21)19-25(31-2)27(24)32-20-22-12-7-4-8-13-22/h3-8,10-13,15-16,18-19H,9,14,17,20H2,1-2H3,(H,28,29)/b16-15+. The second-order valence-electron chi connectivity index (χ2n) is 7.24. The van der Waals surface area contributed by atoms with E-state index in [0.29, 0.717) is 30.4 Å². The Labute approximate surface area is 189 Å². The van der Waals surface area contributed by atoms with Gasteiger partial charge in [0.15, 0.2) is 11.5 Å². The Bertz CT molecular complexity index is 991. The molecule has 0 saturated heterocycles. The van der Waals surface area contributed by atoms with Crippen LogP contribution in [0, 0.1) is 0 Å². The zero-order valence-electron chi connectivity index (χ0n) is 18.5. The van der Waals surface area contributed by atoms with Gasteiger partial charge in [-0.15, -0.1) is 0 Å². The lowest BCUT2D eigenvalue weighted by Gasteiger charge is -2.15. The van der Waals surface area contributed by atoms with Crippen LogP contribution in [0.3, 0.4) is 0 Å². The summed E-state index contributed by atoms with van der Waals surface area (Å²) in [5, 5.41) is 2.92. The minimum atomic E-state index is -0.139. The summed E-state index contributed by atoms with van der Waals surface area (Å²) in [7, 11) is 3.16. The minimum Gasteiger partial charge on any atom is -0.493 e. The van der Waals surface area contributed by atoms with Crippen molar-refractivity contribution in [3.05, 3.63) is 95.6 Å². The van der Waals surface area contributed by atoms with Gasteiger partial charge in [-0.1, -0.05) is 60.7 Å². The quantitative estimate of drug-likeness (QED) is 0.341. The van der Waals surface area contributed by atoms with Crippen molar-refractivity contribution in [3.8, 4) is 17.2 Å². The fourth-order valence-electron chi connectivity index (χ4n) is 3.25. The van der Waals surface area contributed by atoms with E-state index >= 15 is 0 Å². The Morgan fingerprint density at radius 1 is 0.875 bits per heavy atom. The van der Waals surface area contributed by atoms with E-state index in [9.17, 15) is 4.79 Å². The fraction of sp³-hybridized carbons (Fsp3) is 0.222. The maximum atomic E-state index is 12.2. The molecule has 32 heavy (non-hydrogen) atoms. The molecule has 166 valence electrons. The van der Waals surface area contributed by atoms with E-state index in [1.807, 2.05) is 60.7 Å². The van der Waals surface area contributed by atoms with E-state index in [4.69, 9.17) is 14.2 Å². The molecule has 3 aromatic carbocycles. The van der Waals surface area contributed by atoms with Crippen LogP contribution in [0.15, 0.2) is 78.9 Å². The molecule has 1 N–H and O–H groups in total. The molecular formula is C27H29NO4. The zero-order chi connectivity index (χ0) is 22.6. The highest BCUT2D eigenvalue weighted by molar-refractivity contribution is 5.91. The fourth-order valence-corrected chi connectivity index (χ4v) is 3.25. The molecule has 3 aromatic rings. The smallest absolute Gasteiger partial charge is 0.243 e. The van der Waals surface area contributed by atoms with Gasteiger partial charge in [0.1, 0.15) is 6.61 Å². The number of amides is 1. The van der Waals surface area contributed by atoms with Crippen LogP contribution < -0.4 is 19.5 Å². The van der Waals surface area contributed by atoms with Crippen LogP contribution in [0.5, 0.6) is 17.2 Å². The number of ether oxygens (including phenoxy) is 3. The SMILES string of the molecule is COc1cc(/C=C/C(=O)NCCCc2ccccc2)cc(OC)c1OCc1ccccc1. The van der Waals surface area contributed by atoms with Crippen LogP contribution in [0.2, 0.25) is 0 Å². The number of benzene rings is 3. The monoisotopic (exact) mass is 431 g/mol. The molecule has 0 spiro atoms. The van der Waals surface area contributed by atoms with Crippen molar-refractivity contribution in [2.45, 2.75) is 19.4 Å². The van der Waals surface area contributed by atoms with Gasteiger partial charge in [0, 0.05) is 12.6 Å². The van der Waals surface area contributed by atoms with E-state index in [0.717, 1.165) is 24.0 Å². The molecule has 0 aliphatic rings. The number of nitrogens with one attached hydrogen (secondary N) is 1. The maximum absolute atomic E-state index is 12.2. The van der Waals surface area contributed by atoms with Gasteiger partial charge >= 0.3 is 0 Å². The number of methoxy groups -OCH3 is 2. The molecule has 5 nitrogen and oxygen atoms in total. The average Bonchev–Trinajstić information content (AvgIpc) is 2.85. The van der Waals surface area contributed by atoms with Crippen LogP contribution in [0.1, 0.15) is 23.1 Å². The van der Waals surface area contributed by atoms with Gasteiger partial charge < -0.3 is 19.5 Å². The van der Waals surface area contributed by atoms with Gasteiger partial charge in [0.2, 0.25) is 11.7 Å². The highest BCUT2D eigenvalue weighted by atomic mass is 16.5. The van der Waals surface area contributed by atoms with E-state index in [1.54, 1.807) is 20.3 Å². The van der Waals surface area contributed by atoms with Gasteiger partial charge in [0.25, 0.3) is 0 Å². The Morgan fingerprint density at radius 2 is 1.47 bits per heavy atom. The van der Waals surface area contributed by atoms with Crippen molar-refractivity contribution < 1.29 is 19.0 Å². The topological polar surface area (TPSA) is 56.8 Å². The van der Waals surface area contributed by atoms with Crippen LogP contribution in [-0.2, 0) is 17.8 Å². The van der Waals surface area contributed by atoms with Gasteiger partial charge in [-0.25, -0.2) is 0 Å². The highest BCUT2D eigenvalue weighted by Gasteiger charge is 2.14. The predicted octanol–water partition coefficient (Wildman–Crippen LogP) is 5.05. The summed E-state index contributed by atoms with van der Waals surface area (Å²) in [5.74, 6) is 1.48. The van der Waals surface area contributed by atoms with Crippen molar-refractivity contribution >= 4 is 12.0 Å². The summed E-state index contributed by atoms with van der Waals surface area (Å²) >= 11 is 0. The lowest BCUT2D eigenvalue weighted by molar-refractivity contribution is -0.116. The van der Waals surface area contributed by atoms with Crippen LogP contribution in [-0.4, -0.2) is 26.7 Å². The average molecular weight is 432 g/mol. The van der Waals surface area contributed by atoms with Gasteiger partial charge in [-0.3, -0.25) is 4.79 Å². The first-order valence-electron chi connectivity index (χ1n) is 10.6. The third kappa shape index (κ3) is 6.91. The summed E-state index contributed by atoms with van der Waals surface area (Å²) in [6.07, 6.45) is 5.07. The molecule has 0 atom stereocenters. The maximum Gasteiger partial charge on any atom is 0.243 e. The van der Waals surface area contributed by atoms with E-state index in [2.05, 4.69) is 17.4 Å². The number of rotatable bonds is 11. The Kier molecular flexibility index (Phi) is 8.75. The number of carbonyl (C=O) groups excluding carboxylic acids is 1. The molecule has 0 unspecified atom stereocenters. The summed E-state index contributed by atoms with van der Waals surface area (Å²) in [4.78, 5) is 12.2. The van der Waals surface area contributed by atoms with Crippen molar-refractivity contribution in [1.82, 2.24) is 5.32 Å². The third-order valence-corrected chi connectivity index (χ3v) is 4.92. The van der Waals surface area contributed by atoms with E-state index in [1.165, 1.54) is 11.6 Å². The first-order chi connectivity index (χ1) is 15.7. The molecule has 0 saturated carbocycles. The summed E-state index contributed by atoms with van der Waals surface area (Å²) < 4.78 is 17.0. The molecule has 0 aliphatic carbocycles. The largest absolute Gasteiger partial charge is 0.493 e. The number of hydrogen-bond donors (Lipinski definition) is 1. The molecule has 0 radical (unpaired) electrons. The van der Waals surface area contributed by atoms with Crippen LogP contribution in [0.4, 0.5) is 0 Å². The van der Waals surface area contributed by atoms with Crippen LogP contribution >= 0.6 is 0 Å². The van der Waals surface area contributed by atoms with Gasteiger partial charge in [-0.2, -0.15) is 0 Å². The van der Waals surface area contributed by atoms with E-state index < -0.39 is 0 Å². The molecule has 0 bridgehead atoms. The van der Waals surface area contributed by atoms with Crippen LogP contribution in [0.25, 0.3) is 6.08 Å². The van der Waals surface area contributed by atoms with E-state index in [-0.39, 0.29) is 5.91 Å². The minimum absolute atomic E-state index is 0.139. The number of aryl methyl sites for hydroxylation is 1. The molecule has 0 aromatic heterocycles. The summed E-state index contributed by atoms with van der Waals surface area (Å²) in [6, 6.07) is 23.8. The molecule has 0 heterocycles. The highest BCUT2D eigenvalue weighted by Crippen LogP contribution is 2.39. The Balaban J connectivity index is 1.58. The summed E-state index contributed by atoms with van der Waals surface area (Å²) in [6.45, 7) is 1.02. The normalized spacial score (nSPS) is 10.7. The predicted molar refractivity (Wildman–Crippen MR) is 127 cm³/mol. The number of carbonyl (C=O) groups is 1. The Morgan fingerprint density at radius 3 is 2.06 bits per heavy atom. The zero-order valence-corrected chi connectivity index (χ0v) is 18.5. The molecule has 3 rings (SSSR count).